The van der Waals surface area contributed by atoms with E-state index in [1.54, 1.807) is 12.1 Å². The Morgan fingerprint density at radius 3 is 2.38 bits per heavy atom. The van der Waals surface area contributed by atoms with E-state index in [-0.39, 0.29) is 17.0 Å². The SMILES string of the molecule is O=C1NC(=O)N(c2ccc(O)cc2)C(=O)/C1=C/c1ccc(Cc2ccccc2Br)c(Cl)c1. The minimum atomic E-state index is -0.857. The molecule has 3 aromatic carbocycles. The number of carbonyl (C=O) groups excluding carboxylic acids is 3. The van der Waals surface area contributed by atoms with E-state index in [9.17, 15) is 19.5 Å². The molecule has 0 aliphatic carbocycles. The van der Waals surface area contributed by atoms with Gasteiger partial charge in [0.15, 0.2) is 0 Å². The number of rotatable bonds is 4. The van der Waals surface area contributed by atoms with Gasteiger partial charge in [-0.15, -0.1) is 0 Å². The van der Waals surface area contributed by atoms with Gasteiger partial charge >= 0.3 is 6.03 Å². The number of hydrogen-bond donors (Lipinski definition) is 2. The fourth-order valence-electron chi connectivity index (χ4n) is 3.30. The standard InChI is InChI=1S/C24H16BrClN2O4/c25-20-4-2-1-3-15(20)13-16-6-5-14(12-21(16)26)11-19-22(30)27-24(32)28(23(19)31)17-7-9-18(29)10-8-17/h1-12,29H,13H2,(H,27,30,32)/b19-11+. The highest BCUT2D eigenvalue weighted by atomic mass is 79.9. The Morgan fingerprint density at radius 1 is 0.969 bits per heavy atom. The van der Waals surface area contributed by atoms with Crippen molar-refractivity contribution in [2.24, 2.45) is 0 Å². The molecule has 6 nitrogen and oxygen atoms in total. The van der Waals surface area contributed by atoms with Crippen LogP contribution in [0.3, 0.4) is 0 Å². The van der Waals surface area contributed by atoms with Gasteiger partial charge in [0.2, 0.25) is 0 Å². The van der Waals surface area contributed by atoms with E-state index in [1.165, 1.54) is 30.3 Å². The lowest BCUT2D eigenvalue weighted by atomic mass is 10.0. The van der Waals surface area contributed by atoms with Crippen molar-refractivity contribution in [3.8, 4) is 5.75 Å². The van der Waals surface area contributed by atoms with Gasteiger partial charge in [0.25, 0.3) is 11.8 Å². The molecule has 1 aliphatic heterocycles. The molecule has 3 aromatic rings. The van der Waals surface area contributed by atoms with Gasteiger partial charge < -0.3 is 5.11 Å². The Labute approximate surface area is 197 Å². The molecule has 0 radical (unpaired) electrons. The molecule has 0 spiro atoms. The lowest BCUT2D eigenvalue weighted by Crippen LogP contribution is -2.54. The number of urea groups is 1. The maximum Gasteiger partial charge on any atom is 0.335 e. The topological polar surface area (TPSA) is 86.7 Å². The summed E-state index contributed by atoms with van der Waals surface area (Å²) in [5.74, 6) is -1.57. The largest absolute Gasteiger partial charge is 0.508 e. The summed E-state index contributed by atoms with van der Waals surface area (Å²) < 4.78 is 0.978. The number of carbonyl (C=O) groups is 3. The second-order valence-corrected chi connectivity index (χ2v) is 8.35. The molecule has 0 saturated carbocycles. The van der Waals surface area contributed by atoms with Crippen molar-refractivity contribution in [3.63, 3.8) is 0 Å². The van der Waals surface area contributed by atoms with Crippen LogP contribution >= 0.6 is 27.5 Å². The van der Waals surface area contributed by atoms with E-state index in [2.05, 4.69) is 21.2 Å². The van der Waals surface area contributed by atoms with Crippen LogP contribution in [-0.2, 0) is 16.0 Å². The Bertz CT molecular complexity index is 1270. The molecule has 0 unspecified atom stereocenters. The number of nitrogens with zero attached hydrogens (tertiary/aromatic N) is 1. The van der Waals surface area contributed by atoms with Crippen LogP contribution in [0.25, 0.3) is 6.08 Å². The molecule has 0 aromatic heterocycles. The average molecular weight is 512 g/mol. The van der Waals surface area contributed by atoms with Gasteiger partial charge in [0.05, 0.1) is 5.69 Å². The zero-order chi connectivity index (χ0) is 22.8. The summed E-state index contributed by atoms with van der Waals surface area (Å²) in [7, 11) is 0. The Hall–Kier alpha value is -3.42. The third-order valence-electron chi connectivity index (χ3n) is 4.94. The van der Waals surface area contributed by atoms with E-state index in [0.29, 0.717) is 17.0 Å². The first-order valence-corrected chi connectivity index (χ1v) is 10.7. The predicted octanol–water partition coefficient (Wildman–Crippen LogP) is 5.07. The van der Waals surface area contributed by atoms with Crippen molar-refractivity contribution in [2.45, 2.75) is 6.42 Å². The van der Waals surface area contributed by atoms with Crippen molar-refractivity contribution in [1.29, 1.82) is 0 Å². The smallest absolute Gasteiger partial charge is 0.335 e. The predicted molar refractivity (Wildman–Crippen MR) is 126 cm³/mol. The van der Waals surface area contributed by atoms with E-state index in [0.717, 1.165) is 20.5 Å². The van der Waals surface area contributed by atoms with Crippen molar-refractivity contribution in [3.05, 3.63) is 98.5 Å². The van der Waals surface area contributed by atoms with Crippen LogP contribution in [0.5, 0.6) is 5.75 Å². The number of barbiturate groups is 1. The monoisotopic (exact) mass is 510 g/mol. The summed E-state index contributed by atoms with van der Waals surface area (Å²) >= 11 is 9.99. The highest BCUT2D eigenvalue weighted by Crippen LogP contribution is 2.27. The first-order valence-electron chi connectivity index (χ1n) is 9.56. The van der Waals surface area contributed by atoms with Crippen LogP contribution in [0.4, 0.5) is 10.5 Å². The molecule has 1 fully saturated rings. The van der Waals surface area contributed by atoms with Gasteiger partial charge in [0.1, 0.15) is 11.3 Å². The number of anilines is 1. The number of phenols is 1. The molecule has 4 rings (SSSR count). The summed E-state index contributed by atoms with van der Waals surface area (Å²) in [5, 5.41) is 12.1. The summed E-state index contributed by atoms with van der Waals surface area (Å²) in [4.78, 5) is 38.4. The van der Waals surface area contributed by atoms with Crippen molar-refractivity contribution >= 4 is 57.1 Å². The number of benzene rings is 3. The molecule has 0 atom stereocenters. The molecule has 160 valence electrons. The average Bonchev–Trinajstić information content (AvgIpc) is 2.75. The fraction of sp³-hybridized carbons (Fsp3) is 0.0417. The summed E-state index contributed by atoms with van der Waals surface area (Å²) in [6, 6.07) is 17.7. The van der Waals surface area contributed by atoms with E-state index in [1.807, 2.05) is 30.3 Å². The molecule has 1 aliphatic rings. The first kappa shape index (κ1) is 21.8. The van der Waals surface area contributed by atoms with Gasteiger partial charge in [-0.05, 0) is 59.2 Å². The quantitative estimate of drug-likeness (QED) is 0.378. The molecule has 2 N–H and O–H groups in total. The number of hydrogen-bond acceptors (Lipinski definition) is 4. The third-order valence-corrected chi connectivity index (χ3v) is 6.06. The zero-order valence-electron chi connectivity index (χ0n) is 16.5. The molecule has 32 heavy (non-hydrogen) atoms. The van der Waals surface area contributed by atoms with Crippen LogP contribution in [0, 0.1) is 0 Å². The number of imide groups is 2. The highest BCUT2D eigenvalue weighted by molar-refractivity contribution is 9.10. The Morgan fingerprint density at radius 2 is 1.69 bits per heavy atom. The van der Waals surface area contributed by atoms with Gasteiger partial charge in [-0.1, -0.05) is 57.9 Å². The Kier molecular flexibility index (Phi) is 6.12. The van der Waals surface area contributed by atoms with Crippen LogP contribution in [-0.4, -0.2) is 23.0 Å². The summed E-state index contributed by atoms with van der Waals surface area (Å²) in [6.07, 6.45) is 2.01. The van der Waals surface area contributed by atoms with Gasteiger partial charge in [-0.2, -0.15) is 0 Å². The Balaban J connectivity index is 1.63. The van der Waals surface area contributed by atoms with Crippen LogP contribution in [0.1, 0.15) is 16.7 Å². The van der Waals surface area contributed by atoms with Gasteiger partial charge in [-0.3, -0.25) is 14.9 Å². The van der Waals surface area contributed by atoms with Crippen molar-refractivity contribution < 1.29 is 19.5 Å². The van der Waals surface area contributed by atoms with Crippen LogP contribution in [0.2, 0.25) is 5.02 Å². The second kappa shape index (κ2) is 8.98. The number of nitrogens with one attached hydrogen (secondary N) is 1. The van der Waals surface area contributed by atoms with Crippen molar-refractivity contribution in [2.75, 3.05) is 4.90 Å². The molecule has 4 amide bonds. The van der Waals surface area contributed by atoms with Crippen LogP contribution in [0.15, 0.2) is 76.8 Å². The minimum absolute atomic E-state index is 0.0114. The molecular weight excluding hydrogens is 496 g/mol. The normalized spacial score (nSPS) is 15.2. The van der Waals surface area contributed by atoms with E-state index < -0.39 is 17.8 Å². The van der Waals surface area contributed by atoms with Crippen molar-refractivity contribution in [1.82, 2.24) is 5.32 Å². The fourth-order valence-corrected chi connectivity index (χ4v) is 3.98. The molecule has 1 heterocycles. The molecular formula is C24H16BrClN2O4. The number of phenolic OH excluding ortho intramolecular Hbond substituents is 1. The number of halogens is 2. The van der Waals surface area contributed by atoms with Crippen LogP contribution < -0.4 is 10.2 Å². The number of amides is 4. The van der Waals surface area contributed by atoms with E-state index in [4.69, 9.17) is 11.6 Å². The third kappa shape index (κ3) is 4.44. The van der Waals surface area contributed by atoms with E-state index >= 15 is 0 Å². The zero-order valence-corrected chi connectivity index (χ0v) is 18.9. The van der Waals surface area contributed by atoms with Gasteiger partial charge in [0, 0.05) is 15.9 Å². The van der Waals surface area contributed by atoms with Gasteiger partial charge in [-0.25, -0.2) is 9.69 Å². The maximum atomic E-state index is 12.9. The molecule has 8 heteroatoms. The highest BCUT2D eigenvalue weighted by Gasteiger charge is 2.36. The molecule has 1 saturated heterocycles. The first-order chi connectivity index (χ1) is 15.3. The summed E-state index contributed by atoms with van der Waals surface area (Å²) in [5.41, 5.74) is 2.54. The summed E-state index contributed by atoms with van der Waals surface area (Å²) in [6.45, 7) is 0. The second-order valence-electron chi connectivity index (χ2n) is 7.09. The maximum absolute atomic E-state index is 12.9. The molecule has 0 bridgehead atoms. The lowest BCUT2D eigenvalue weighted by Gasteiger charge is -2.26. The number of aromatic hydroxyl groups is 1. The lowest BCUT2D eigenvalue weighted by molar-refractivity contribution is -0.122. The minimum Gasteiger partial charge on any atom is -0.508 e.